The second-order valence-corrected chi connectivity index (χ2v) is 8.51. The molecule has 0 aliphatic heterocycles. The molecule has 1 saturated carbocycles. The molecule has 35 heavy (non-hydrogen) atoms. The lowest BCUT2D eigenvalue weighted by atomic mass is 9.80. The molecule has 180 valence electrons. The van der Waals surface area contributed by atoms with Gasteiger partial charge in [-0.2, -0.15) is 18.2 Å². The third-order valence-electron chi connectivity index (χ3n) is 6.15. The van der Waals surface area contributed by atoms with Gasteiger partial charge in [0.2, 0.25) is 11.6 Å². The van der Waals surface area contributed by atoms with E-state index in [1.807, 2.05) is 0 Å². The smallest absolute Gasteiger partial charge is 0.381 e. The second kappa shape index (κ2) is 9.10. The van der Waals surface area contributed by atoms with Crippen molar-refractivity contribution in [2.45, 2.75) is 38.0 Å². The highest BCUT2D eigenvalue weighted by atomic mass is 19.4. The maximum Gasteiger partial charge on any atom is 0.422 e. The van der Waals surface area contributed by atoms with Gasteiger partial charge in [-0.1, -0.05) is 84.2 Å². The van der Waals surface area contributed by atoms with E-state index >= 15 is 0 Å². The molecule has 0 amide bonds. The molecule has 1 aliphatic carbocycles. The van der Waals surface area contributed by atoms with Crippen LogP contribution < -0.4 is 0 Å². The fourth-order valence-electron chi connectivity index (χ4n) is 4.02. The zero-order valence-corrected chi connectivity index (χ0v) is 18.3. The second-order valence-electron chi connectivity index (χ2n) is 8.51. The molecule has 0 spiro atoms. The van der Waals surface area contributed by atoms with Gasteiger partial charge in [-0.15, -0.1) is 0 Å². The molecule has 1 aliphatic rings. The SMILES string of the molecule is O=C(CC1CCC1)C(O)c1ccc(-c2noc(-c3onc(-c4ccccc4)c3C(F)(F)F)n2)cc1. The van der Waals surface area contributed by atoms with E-state index in [-0.39, 0.29) is 22.9 Å². The third kappa shape index (κ3) is 4.61. The van der Waals surface area contributed by atoms with Crippen LogP contribution in [0.1, 0.15) is 42.9 Å². The number of carbonyl (C=O) groups is 1. The van der Waals surface area contributed by atoms with E-state index in [2.05, 4.69) is 15.3 Å². The Kier molecular flexibility index (Phi) is 5.98. The van der Waals surface area contributed by atoms with Gasteiger partial charge < -0.3 is 14.2 Å². The van der Waals surface area contributed by atoms with Gasteiger partial charge in [-0.05, 0) is 11.5 Å². The lowest BCUT2D eigenvalue weighted by molar-refractivity contribution is -0.137. The summed E-state index contributed by atoms with van der Waals surface area (Å²) in [5, 5.41) is 17.7. The minimum atomic E-state index is -4.78. The highest BCUT2D eigenvalue weighted by Crippen LogP contribution is 2.43. The molecule has 7 nitrogen and oxygen atoms in total. The van der Waals surface area contributed by atoms with Crippen LogP contribution in [0, 0.1) is 5.92 Å². The first kappa shape index (κ1) is 23.0. The van der Waals surface area contributed by atoms with E-state index in [1.165, 1.54) is 12.1 Å². The molecule has 0 bridgehead atoms. The number of carbonyl (C=O) groups excluding carboxylic acids is 1. The summed E-state index contributed by atoms with van der Waals surface area (Å²) >= 11 is 0. The average molecular weight is 483 g/mol. The molecule has 4 aromatic rings. The van der Waals surface area contributed by atoms with Crippen LogP contribution in [-0.4, -0.2) is 26.2 Å². The van der Waals surface area contributed by atoms with Crippen molar-refractivity contribution < 1.29 is 32.1 Å². The predicted molar refractivity (Wildman–Crippen MR) is 118 cm³/mol. The molecule has 0 saturated heterocycles. The first-order chi connectivity index (χ1) is 16.8. The zero-order chi connectivity index (χ0) is 24.6. The van der Waals surface area contributed by atoms with Crippen molar-refractivity contribution in [1.29, 1.82) is 0 Å². The molecule has 1 fully saturated rings. The fraction of sp³-hybridized carbons (Fsp3) is 0.280. The lowest BCUT2D eigenvalue weighted by Crippen LogP contribution is -2.20. The Morgan fingerprint density at radius 2 is 1.71 bits per heavy atom. The molecule has 2 aromatic heterocycles. The summed E-state index contributed by atoms with van der Waals surface area (Å²) < 4.78 is 51.7. The van der Waals surface area contributed by atoms with Crippen molar-refractivity contribution in [2.75, 3.05) is 0 Å². The van der Waals surface area contributed by atoms with Crippen LogP contribution in [0.15, 0.2) is 63.6 Å². The number of aromatic nitrogens is 3. The number of aliphatic hydroxyl groups is 1. The van der Waals surface area contributed by atoms with Crippen LogP contribution in [0.3, 0.4) is 0 Å². The minimum absolute atomic E-state index is 0.0209. The van der Waals surface area contributed by atoms with Crippen molar-refractivity contribution in [3.63, 3.8) is 0 Å². The standard InChI is InChI=1S/C25H20F3N3O4/c26-25(27,28)19-20(15-7-2-1-3-8-15)30-34-22(19)24-29-23(31-35-24)17-11-9-16(10-12-17)21(33)18(32)13-14-5-4-6-14/h1-3,7-12,14,21,33H,4-6,13H2. The first-order valence-electron chi connectivity index (χ1n) is 11.1. The molecule has 10 heteroatoms. The van der Waals surface area contributed by atoms with Gasteiger partial charge in [0.05, 0.1) is 0 Å². The molecule has 5 rings (SSSR count). The highest BCUT2D eigenvalue weighted by molar-refractivity contribution is 5.84. The van der Waals surface area contributed by atoms with E-state index in [1.54, 1.807) is 42.5 Å². The van der Waals surface area contributed by atoms with Gasteiger partial charge in [-0.3, -0.25) is 4.79 Å². The molecule has 0 radical (unpaired) electrons. The van der Waals surface area contributed by atoms with E-state index in [4.69, 9.17) is 9.05 Å². The number of benzene rings is 2. The number of rotatable bonds is 7. The first-order valence-corrected chi connectivity index (χ1v) is 11.1. The maximum absolute atomic E-state index is 13.9. The van der Waals surface area contributed by atoms with E-state index in [0.29, 0.717) is 23.5 Å². The summed E-state index contributed by atoms with van der Waals surface area (Å²) in [4.78, 5) is 16.3. The molecule has 1 N–H and O–H groups in total. The van der Waals surface area contributed by atoms with Crippen molar-refractivity contribution in [3.8, 4) is 34.3 Å². The number of alkyl halides is 3. The molecule has 1 unspecified atom stereocenters. The van der Waals surface area contributed by atoms with Gasteiger partial charge in [0.15, 0.2) is 5.78 Å². The Morgan fingerprint density at radius 1 is 1.00 bits per heavy atom. The number of hydrogen-bond acceptors (Lipinski definition) is 7. The summed E-state index contributed by atoms with van der Waals surface area (Å²) in [5.74, 6) is -1.02. The molecule has 2 aromatic carbocycles. The monoisotopic (exact) mass is 483 g/mol. The summed E-state index contributed by atoms with van der Waals surface area (Å²) in [7, 11) is 0. The van der Waals surface area contributed by atoms with Crippen molar-refractivity contribution in [1.82, 2.24) is 15.3 Å². The Bertz CT molecular complexity index is 1330. The van der Waals surface area contributed by atoms with Crippen LogP contribution in [0.25, 0.3) is 34.3 Å². The van der Waals surface area contributed by atoms with Crippen LogP contribution in [0.5, 0.6) is 0 Å². The van der Waals surface area contributed by atoms with E-state index in [9.17, 15) is 23.1 Å². The van der Waals surface area contributed by atoms with Crippen LogP contribution in [0.2, 0.25) is 0 Å². The molecular formula is C25H20F3N3O4. The normalized spacial score (nSPS) is 15.1. The minimum Gasteiger partial charge on any atom is -0.381 e. The Balaban J connectivity index is 1.40. The molecule has 2 heterocycles. The lowest BCUT2D eigenvalue weighted by Gasteiger charge is -2.25. The number of nitrogens with zero attached hydrogens (tertiary/aromatic N) is 3. The predicted octanol–water partition coefficient (Wildman–Crippen LogP) is 5.87. The van der Waals surface area contributed by atoms with E-state index in [0.717, 1.165) is 19.3 Å². The summed E-state index contributed by atoms with van der Waals surface area (Å²) in [5.41, 5.74) is -0.404. The van der Waals surface area contributed by atoms with Crippen LogP contribution >= 0.6 is 0 Å². The average Bonchev–Trinajstić information content (AvgIpc) is 3.49. The van der Waals surface area contributed by atoms with Crippen molar-refractivity contribution >= 4 is 5.78 Å². The quantitative estimate of drug-likeness (QED) is 0.351. The Labute approximate surface area is 197 Å². The van der Waals surface area contributed by atoms with Gasteiger partial charge >= 0.3 is 6.18 Å². The number of ketones is 1. The van der Waals surface area contributed by atoms with Gasteiger partial charge in [-0.25, -0.2) is 0 Å². The fourth-order valence-corrected chi connectivity index (χ4v) is 4.02. The van der Waals surface area contributed by atoms with Gasteiger partial charge in [0, 0.05) is 17.5 Å². The summed E-state index contributed by atoms with van der Waals surface area (Å²) in [6.45, 7) is 0. The highest BCUT2D eigenvalue weighted by Gasteiger charge is 2.43. The van der Waals surface area contributed by atoms with Crippen molar-refractivity contribution in [3.05, 3.63) is 65.7 Å². The summed E-state index contributed by atoms with van der Waals surface area (Å²) in [6, 6.07) is 14.1. The molecule has 1 atom stereocenters. The third-order valence-corrected chi connectivity index (χ3v) is 6.15. The zero-order valence-electron chi connectivity index (χ0n) is 18.3. The maximum atomic E-state index is 13.9. The largest absolute Gasteiger partial charge is 0.422 e. The topological polar surface area (TPSA) is 102 Å². The van der Waals surface area contributed by atoms with E-state index < -0.39 is 29.5 Å². The summed E-state index contributed by atoms with van der Waals surface area (Å²) in [6.07, 6.45) is -2.54. The number of Topliss-reactive ketones (excluding diaryl/α,β-unsaturated/α-hetero) is 1. The van der Waals surface area contributed by atoms with Gasteiger partial charge in [0.1, 0.15) is 17.4 Å². The number of aliphatic hydroxyl groups excluding tert-OH is 1. The number of halogens is 3. The van der Waals surface area contributed by atoms with Crippen LogP contribution in [-0.2, 0) is 11.0 Å². The Morgan fingerprint density at radius 3 is 2.34 bits per heavy atom. The van der Waals surface area contributed by atoms with Crippen molar-refractivity contribution in [2.24, 2.45) is 5.92 Å². The number of hydrogen-bond donors (Lipinski definition) is 1. The Hall–Kier alpha value is -3.79. The van der Waals surface area contributed by atoms with Crippen LogP contribution in [0.4, 0.5) is 13.2 Å². The molecular weight excluding hydrogens is 463 g/mol. The van der Waals surface area contributed by atoms with Gasteiger partial charge in [0.25, 0.3) is 5.89 Å².